The number of hydrogen-bond acceptors (Lipinski definition) is 3. The number of fused-ring (bicyclic) bond motifs is 2. The van der Waals surface area contributed by atoms with Gasteiger partial charge in [-0.3, -0.25) is 0 Å². The van der Waals surface area contributed by atoms with Crippen LogP contribution in [0.25, 0.3) is 0 Å². The quantitative estimate of drug-likeness (QED) is 0.907. The van der Waals surface area contributed by atoms with Crippen molar-refractivity contribution in [1.29, 1.82) is 0 Å². The molecule has 1 saturated carbocycles. The number of piperidine rings is 1. The molecular formula is C16H20FNO3. The Bertz CT molecular complexity index is 548. The fraction of sp³-hybridized carbons (Fsp3) is 0.562. The average Bonchev–Trinajstić information content (AvgIpc) is 3.04. The van der Waals surface area contributed by atoms with E-state index in [1.807, 2.05) is 0 Å². The lowest BCUT2D eigenvalue weighted by molar-refractivity contribution is 0.0248. The zero-order valence-electron chi connectivity index (χ0n) is 12.1. The van der Waals surface area contributed by atoms with E-state index < -0.39 is 11.8 Å². The van der Waals surface area contributed by atoms with Crippen molar-refractivity contribution in [3.8, 4) is 0 Å². The van der Waals surface area contributed by atoms with Crippen LogP contribution in [0.5, 0.6) is 0 Å². The second kappa shape index (κ2) is 5.64. The lowest BCUT2D eigenvalue weighted by atomic mass is 10.0. The first-order chi connectivity index (χ1) is 10.1. The normalized spacial score (nSPS) is 27.3. The standard InChI is InChI=1S/C16H20FNO3/c1-2-5-21-15-8-12-6-10(15)9-18(12)11-3-4-13(16(19)20)14(17)7-11/h3-4,7,10,12,15H,2,5-6,8-9H2,1H3,(H,19,20)/t10-,12-,15+/m0/s1. The molecule has 5 heteroatoms. The molecule has 0 radical (unpaired) electrons. The highest BCUT2D eigenvalue weighted by molar-refractivity contribution is 5.88. The van der Waals surface area contributed by atoms with E-state index in [1.165, 1.54) is 12.1 Å². The van der Waals surface area contributed by atoms with E-state index in [0.717, 1.165) is 38.1 Å². The van der Waals surface area contributed by atoms with Gasteiger partial charge < -0.3 is 14.7 Å². The van der Waals surface area contributed by atoms with Gasteiger partial charge in [-0.15, -0.1) is 0 Å². The number of ether oxygens (including phenoxy) is 1. The first-order valence-corrected chi connectivity index (χ1v) is 7.51. The number of anilines is 1. The summed E-state index contributed by atoms with van der Waals surface area (Å²) in [5, 5.41) is 8.87. The maximum Gasteiger partial charge on any atom is 0.338 e. The zero-order chi connectivity index (χ0) is 15.0. The zero-order valence-corrected chi connectivity index (χ0v) is 12.1. The van der Waals surface area contributed by atoms with Gasteiger partial charge in [-0.05, 0) is 37.5 Å². The highest BCUT2D eigenvalue weighted by atomic mass is 19.1. The third-order valence-electron chi connectivity index (χ3n) is 4.53. The maximum absolute atomic E-state index is 13.8. The highest BCUT2D eigenvalue weighted by Crippen LogP contribution is 2.42. The lowest BCUT2D eigenvalue weighted by Gasteiger charge is -2.33. The number of rotatable bonds is 5. The van der Waals surface area contributed by atoms with E-state index in [0.29, 0.717) is 18.1 Å². The first kappa shape index (κ1) is 14.3. The summed E-state index contributed by atoms with van der Waals surface area (Å²) >= 11 is 0. The van der Waals surface area contributed by atoms with Gasteiger partial charge in [-0.2, -0.15) is 0 Å². The van der Waals surface area contributed by atoms with Gasteiger partial charge >= 0.3 is 5.97 Å². The van der Waals surface area contributed by atoms with Crippen LogP contribution in [0.4, 0.5) is 10.1 Å². The minimum Gasteiger partial charge on any atom is -0.478 e. The summed E-state index contributed by atoms with van der Waals surface area (Å²) in [6.45, 7) is 3.77. The highest BCUT2D eigenvalue weighted by Gasteiger charge is 2.45. The molecule has 1 aromatic rings. The lowest BCUT2D eigenvalue weighted by Crippen LogP contribution is -2.38. The monoisotopic (exact) mass is 293 g/mol. The number of carbonyl (C=O) groups is 1. The summed E-state index contributed by atoms with van der Waals surface area (Å²) in [6.07, 6.45) is 3.41. The van der Waals surface area contributed by atoms with E-state index >= 15 is 0 Å². The molecule has 2 fully saturated rings. The number of hydrogen-bond donors (Lipinski definition) is 1. The Hall–Kier alpha value is -1.62. The molecular weight excluding hydrogens is 273 g/mol. The van der Waals surface area contributed by atoms with Gasteiger partial charge in [0.25, 0.3) is 0 Å². The number of nitrogens with zero attached hydrogens (tertiary/aromatic N) is 1. The van der Waals surface area contributed by atoms with Crippen LogP contribution < -0.4 is 4.90 Å². The van der Waals surface area contributed by atoms with Gasteiger partial charge in [0.15, 0.2) is 0 Å². The Morgan fingerprint density at radius 1 is 1.48 bits per heavy atom. The summed E-state index contributed by atoms with van der Waals surface area (Å²) in [7, 11) is 0. The van der Waals surface area contributed by atoms with E-state index in [-0.39, 0.29) is 5.56 Å². The van der Waals surface area contributed by atoms with Crippen LogP contribution in [0.15, 0.2) is 18.2 Å². The molecule has 21 heavy (non-hydrogen) atoms. The van der Waals surface area contributed by atoms with Crippen molar-refractivity contribution in [3.63, 3.8) is 0 Å². The van der Waals surface area contributed by atoms with Crippen molar-refractivity contribution in [2.45, 2.75) is 38.3 Å². The average molecular weight is 293 g/mol. The van der Waals surface area contributed by atoms with Gasteiger partial charge in [0.05, 0.1) is 11.7 Å². The molecule has 3 atom stereocenters. The number of halogens is 1. The van der Waals surface area contributed by atoms with Crippen molar-refractivity contribution < 1.29 is 19.0 Å². The predicted octanol–water partition coefficient (Wildman–Crippen LogP) is 2.92. The molecule has 1 aliphatic heterocycles. The van der Waals surface area contributed by atoms with Crippen LogP contribution in [-0.4, -0.2) is 36.4 Å². The number of carboxylic acids is 1. The molecule has 1 saturated heterocycles. The van der Waals surface area contributed by atoms with Gasteiger partial charge in [0, 0.05) is 30.8 Å². The van der Waals surface area contributed by atoms with Crippen LogP contribution in [0, 0.1) is 11.7 Å². The van der Waals surface area contributed by atoms with E-state index in [2.05, 4.69) is 11.8 Å². The van der Waals surface area contributed by atoms with Gasteiger partial charge in [-0.25, -0.2) is 9.18 Å². The van der Waals surface area contributed by atoms with Gasteiger partial charge in [-0.1, -0.05) is 6.92 Å². The Kier molecular flexibility index (Phi) is 3.85. The minimum atomic E-state index is -1.23. The summed E-state index contributed by atoms with van der Waals surface area (Å²) in [5.41, 5.74) is 0.506. The molecule has 114 valence electrons. The molecule has 1 aliphatic carbocycles. The van der Waals surface area contributed by atoms with Crippen molar-refractivity contribution in [2.24, 2.45) is 5.92 Å². The van der Waals surface area contributed by atoms with Crippen LogP contribution in [0.1, 0.15) is 36.5 Å². The van der Waals surface area contributed by atoms with Crippen LogP contribution in [0.2, 0.25) is 0 Å². The predicted molar refractivity (Wildman–Crippen MR) is 77.2 cm³/mol. The molecule has 4 nitrogen and oxygen atoms in total. The smallest absolute Gasteiger partial charge is 0.338 e. The summed E-state index contributed by atoms with van der Waals surface area (Å²) in [4.78, 5) is 13.0. The second-order valence-corrected chi connectivity index (χ2v) is 5.92. The summed E-state index contributed by atoms with van der Waals surface area (Å²) < 4.78 is 19.7. The van der Waals surface area contributed by atoms with Crippen molar-refractivity contribution in [2.75, 3.05) is 18.1 Å². The molecule has 2 bridgehead atoms. The van der Waals surface area contributed by atoms with Gasteiger partial charge in [0.2, 0.25) is 0 Å². The topological polar surface area (TPSA) is 49.8 Å². The van der Waals surface area contributed by atoms with Crippen LogP contribution in [-0.2, 0) is 4.74 Å². The van der Waals surface area contributed by atoms with Crippen LogP contribution in [0.3, 0.4) is 0 Å². The molecule has 2 aliphatic rings. The minimum absolute atomic E-state index is 0.271. The SMILES string of the molecule is CCCO[C@@H]1C[C@@H]2C[C@H]1CN2c1ccc(C(=O)O)c(F)c1. The van der Waals surface area contributed by atoms with Gasteiger partial charge in [0.1, 0.15) is 5.82 Å². The third-order valence-corrected chi connectivity index (χ3v) is 4.53. The third kappa shape index (κ3) is 2.62. The largest absolute Gasteiger partial charge is 0.478 e. The summed E-state index contributed by atoms with van der Waals surface area (Å²) in [6, 6.07) is 4.78. The molecule has 0 spiro atoms. The van der Waals surface area contributed by atoms with Crippen molar-refractivity contribution in [3.05, 3.63) is 29.6 Å². The van der Waals surface area contributed by atoms with E-state index in [9.17, 15) is 9.18 Å². The first-order valence-electron chi connectivity index (χ1n) is 7.51. The Morgan fingerprint density at radius 2 is 2.29 bits per heavy atom. The molecule has 3 rings (SSSR count). The molecule has 1 N–H and O–H groups in total. The van der Waals surface area contributed by atoms with E-state index in [4.69, 9.17) is 9.84 Å². The fourth-order valence-electron chi connectivity index (χ4n) is 3.55. The number of aromatic carboxylic acids is 1. The maximum atomic E-state index is 13.8. The fourth-order valence-corrected chi connectivity index (χ4v) is 3.55. The number of carboxylic acid groups (broad SMARTS) is 1. The van der Waals surface area contributed by atoms with Crippen molar-refractivity contribution >= 4 is 11.7 Å². The second-order valence-electron chi connectivity index (χ2n) is 5.92. The summed E-state index contributed by atoms with van der Waals surface area (Å²) in [5.74, 6) is -1.39. The van der Waals surface area contributed by atoms with Crippen molar-refractivity contribution in [1.82, 2.24) is 0 Å². The Morgan fingerprint density at radius 3 is 2.86 bits per heavy atom. The number of benzene rings is 1. The molecule has 1 heterocycles. The molecule has 1 aromatic carbocycles. The molecule has 0 aromatic heterocycles. The Balaban J connectivity index is 1.71. The van der Waals surface area contributed by atoms with Crippen LogP contribution >= 0.6 is 0 Å². The molecule has 0 unspecified atom stereocenters. The Labute approximate surface area is 123 Å². The van der Waals surface area contributed by atoms with E-state index in [1.54, 1.807) is 6.07 Å². The molecule has 0 amide bonds.